The third-order valence-electron chi connectivity index (χ3n) is 4.01. The quantitative estimate of drug-likeness (QED) is 0.116. The minimum atomic E-state index is -6.51. The van der Waals surface area contributed by atoms with Crippen molar-refractivity contribution < 1.29 is 49.2 Å². The summed E-state index contributed by atoms with van der Waals surface area (Å²) in [6.45, 7) is 1.95. The van der Waals surface area contributed by atoms with Gasteiger partial charge < -0.3 is 9.64 Å². The van der Waals surface area contributed by atoms with Crippen LogP contribution in [0.5, 0.6) is 0 Å². The van der Waals surface area contributed by atoms with E-state index in [1.807, 2.05) is 51.2 Å². The van der Waals surface area contributed by atoms with Crippen LogP contribution in [-0.4, -0.2) is 60.4 Å². The van der Waals surface area contributed by atoms with Gasteiger partial charge in [0.2, 0.25) is 0 Å². The second kappa shape index (κ2) is 12.2. The third-order valence-corrected chi connectivity index (χ3v) is 8.58. The minimum Gasteiger partial charge on any atom is -0.445 e. The summed E-state index contributed by atoms with van der Waals surface area (Å²) < 4.78 is 101. The van der Waals surface area contributed by atoms with Crippen LogP contribution in [0.3, 0.4) is 0 Å². The zero-order valence-corrected chi connectivity index (χ0v) is 23.9. The Bertz CT molecular complexity index is 990. The largest absolute Gasteiger partial charge is 0.445 e. The highest BCUT2D eigenvalue weighted by atomic mass is 127. The number of carbonyl (C=O) groups is 2. The first-order chi connectivity index (χ1) is 14.9. The van der Waals surface area contributed by atoms with Crippen LogP contribution in [0.2, 0.25) is 0 Å². The Morgan fingerprint density at radius 2 is 1.70 bits per heavy atom. The predicted molar refractivity (Wildman–Crippen MR) is 132 cm³/mol. The fourth-order valence-electron chi connectivity index (χ4n) is 2.53. The fraction of sp³-hybridized carbons (Fsp3) is 0.529. The molecule has 0 aromatic heterocycles. The normalized spacial score (nSPS) is 13.5. The first-order valence-corrected chi connectivity index (χ1v) is 13.7. The molecule has 188 valence electrons. The fourth-order valence-corrected chi connectivity index (χ4v) is 5.37. The molecule has 16 heteroatoms. The summed E-state index contributed by atoms with van der Waals surface area (Å²) >= 11 is 6.10. The van der Waals surface area contributed by atoms with E-state index in [1.54, 1.807) is 13.0 Å². The summed E-state index contributed by atoms with van der Waals surface area (Å²) in [7, 11) is -6.51. The molecule has 0 saturated heterocycles. The van der Waals surface area contributed by atoms with E-state index in [0.29, 0.717) is 15.6 Å². The van der Waals surface area contributed by atoms with Gasteiger partial charge in [0, 0.05) is 30.2 Å². The van der Waals surface area contributed by atoms with Crippen molar-refractivity contribution in [1.82, 2.24) is 4.90 Å². The van der Waals surface area contributed by atoms with Gasteiger partial charge in [0.15, 0.2) is 0 Å². The maximum atomic E-state index is 13.5. The van der Waals surface area contributed by atoms with Gasteiger partial charge in [-0.15, -0.1) is 0 Å². The van der Waals surface area contributed by atoms with Gasteiger partial charge in [-0.1, -0.05) is 6.92 Å². The number of hydrogen-bond donors (Lipinski definition) is 1. The second-order valence-corrected chi connectivity index (χ2v) is 11.6. The van der Waals surface area contributed by atoms with Gasteiger partial charge in [-0.3, -0.25) is 14.1 Å². The van der Waals surface area contributed by atoms with Gasteiger partial charge in [0.05, 0.1) is 5.56 Å². The summed E-state index contributed by atoms with van der Waals surface area (Å²) in [5.41, 5.74) is 0.396. The molecule has 0 aliphatic carbocycles. The van der Waals surface area contributed by atoms with Gasteiger partial charge in [-0.05, 0) is 92.7 Å². The third kappa shape index (κ3) is 8.51. The van der Waals surface area contributed by atoms with E-state index in [2.05, 4.69) is 27.3 Å². The zero-order valence-electron chi connectivity index (χ0n) is 16.6. The van der Waals surface area contributed by atoms with Crippen molar-refractivity contribution in [2.75, 3.05) is 13.1 Å². The number of ether oxygens (including phenoxy) is 1. The Labute approximate surface area is 227 Å². The molecule has 0 radical (unpaired) electrons. The number of esters is 1. The molecule has 1 unspecified atom stereocenters. The summed E-state index contributed by atoms with van der Waals surface area (Å²) in [6.07, 6.45) is -10.8. The lowest BCUT2D eigenvalue weighted by Crippen LogP contribution is -2.52. The molecular weight excluding hydrogens is 822 g/mol. The van der Waals surface area contributed by atoms with Crippen molar-refractivity contribution in [1.29, 1.82) is 0 Å². The number of hydrogen-bond acceptors (Lipinski definition) is 5. The van der Waals surface area contributed by atoms with Crippen LogP contribution in [0.15, 0.2) is 12.1 Å². The number of rotatable bonds is 10. The molecule has 1 rings (SSSR count). The highest BCUT2D eigenvalue weighted by Crippen LogP contribution is 2.38. The maximum absolute atomic E-state index is 13.5. The lowest BCUT2D eigenvalue weighted by molar-refractivity contribution is -0.259. The molecule has 1 amide bonds. The molecule has 33 heavy (non-hydrogen) atoms. The standard InChI is InChI=1S/C17H17F5I3NO6S/c1-2-5-26(14(28)10-7-9(23)8-11(24)13(10)25)6-3-4-12(27)32-15(16(18,19)20)17(21,22)33(29,30)31/h7-8,15H,2-6H2,1H3,(H,29,30,31). The van der Waals surface area contributed by atoms with Crippen molar-refractivity contribution in [2.45, 2.75) is 43.7 Å². The van der Waals surface area contributed by atoms with E-state index in [1.165, 1.54) is 4.90 Å². The molecule has 0 fully saturated rings. The van der Waals surface area contributed by atoms with E-state index >= 15 is 0 Å². The van der Waals surface area contributed by atoms with E-state index in [-0.39, 0.29) is 25.4 Å². The summed E-state index contributed by atoms with van der Waals surface area (Å²) in [5.74, 6) is -2.14. The second-order valence-electron chi connectivity index (χ2n) is 6.59. The highest BCUT2D eigenvalue weighted by Gasteiger charge is 2.66. The van der Waals surface area contributed by atoms with Crippen LogP contribution < -0.4 is 0 Å². The molecule has 1 aromatic carbocycles. The van der Waals surface area contributed by atoms with Crippen molar-refractivity contribution in [3.63, 3.8) is 0 Å². The Morgan fingerprint density at radius 1 is 1.12 bits per heavy atom. The number of halogens is 8. The van der Waals surface area contributed by atoms with Crippen LogP contribution in [-0.2, 0) is 19.6 Å². The van der Waals surface area contributed by atoms with Crippen LogP contribution in [0.25, 0.3) is 0 Å². The molecule has 1 atom stereocenters. The lowest BCUT2D eigenvalue weighted by atomic mass is 10.2. The molecule has 0 bridgehead atoms. The SMILES string of the molecule is CCCN(CCCC(=O)OC(C(F)(F)F)C(F)(F)S(=O)(=O)O)C(=O)c1cc(I)cc(I)c1I. The Hall–Kier alpha value is -0.0900. The van der Waals surface area contributed by atoms with Gasteiger partial charge in [-0.25, -0.2) is 0 Å². The van der Waals surface area contributed by atoms with E-state index in [0.717, 1.165) is 7.14 Å². The Balaban J connectivity index is 2.92. The molecule has 0 aliphatic heterocycles. The summed E-state index contributed by atoms with van der Waals surface area (Å²) in [5, 5.41) is -5.79. The topological polar surface area (TPSA) is 101 Å². The van der Waals surface area contributed by atoms with Crippen LogP contribution in [0.4, 0.5) is 22.0 Å². The molecule has 0 spiro atoms. The Morgan fingerprint density at radius 3 is 2.18 bits per heavy atom. The van der Waals surface area contributed by atoms with Crippen molar-refractivity contribution >= 4 is 89.8 Å². The first kappa shape index (κ1) is 30.9. The number of alkyl halides is 5. The highest BCUT2D eigenvalue weighted by molar-refractivity contribution is 14.1. The van der Waals surface area contributed by atoms with Gasteiger partial charge in [0.25, 0.3) is 12.0 Å². The van der Waals surface area contributed by atoms with E-state index in [9.17, 15) is 40.0 Å². The van der Waals surface area contributed by atoms with Gasteiger partial charge in [0.1, 0.15) is 0 Å². The van der Waals surface area contributed by atoms with Crippen LogP contribution in [0.1, 0.15) is 36.5 Å². The molecule has 0 heterocycles. The number of benzene rings is 1. The average molecular weight is 839 g/mol. The lowest BCUT2D eigenvalue weighted by Gasteiger charge is -2.26. The van der Waals surface area contributed by atoms with Gasteiger partial charge in [-0.2, -0.15) is 30.4 Å². The van der Waals surface area contributed by atoms with Crippen molar-refractivity contribution in [3.8, 4) is 0 Å². The smallest absolute Gasteiger partial charge is 0.432 e. The number of nitrogens with zero attached hydrogens (tertiary/aromatic N) is 1. The molecule has 0 aliphatic rings. The number of carbonyl (C=O) groups excluding carboxylic acids is 2. The van der Waals surface area contributed by atoms with Crippen LogP contribution in [0, 0.1) is 10.7 Å². The zero-order chi connectivity index (χ0) is 25.8. The molecule has 0 saturated carbocycles. The van der Waals surface area contributed by atoms with Crippen molar-refractivity contribution in [2.24, 2.45) is 0 Å². The van der Waals surface area contributed by atoms with E-state index < -0.39 is 40.0 Å². The van der Waals surface area contributed by atoms with Crippen molar-refractivity contribution in [3.05, 3.63) is 28.4 Å². The van der Waals surface area contributed by atoms with Gasteiger partial charge >= 0.3 is 27.5 Å². The predicted octanol–water partition coefficient (Wildman–Crippen LogP) is 5.09. The monoisotopic (exact) mass is 839 g/mol. The summed E-state index contributed by atoms with van der Waals surface area (Å²) in [6, 6.07) is 3.52. The number of amides is 1. The van der Waals surface area contributed by atoms with E-state index in [4.69, 9.17) is 4.55 Å². The Kier molecular flexibility index (Phi) is 11.5. The van der Waals surface area contributed by atoms with Crippen LogP contribution >= 0.6 is 67.8 Å². The first-order valence-electron chi connectivity index (χ1n) is 8.98. The molecule has 1 aromatic rings. The minimum absolute atomic E-state index is 0.0920. The molecule has 7 nitrogen and oxygen atoms in total. The molecule has 1 N–H and O–H groups in total. The molecular formula is C17H17F5I3NO6S. The average Bonchev–Trinajstić information content (AvgIpc) is 2.65. The summed E-state index contributed by atoms with van der Waals surface area (Å²) in [4.78, 5) is 26.1. The maximum Gasteiger partial charge on any atom is 0.432 e.